The highest BCUT2D eigenvalue weighted by atomic mass is 16.3. The second kappa shape index (κ2) is 6.73. The molecule has 1 aromatic carbocycles. The maximum atomic E-state index is 10.5. The Labute approximate surface area is 123 Å². The Morgan fingerprint density at radius 2 is 1.85 bits per heavy atom. The van der Waals surface area contributed by atoms with Crippen LogP contribution in [0.25, 0.3) is 0 Å². The van der Waals surface area contributed by atoms with Gasteiger partial charge in [0.15, 0.2) is 0 Å². The molecule has 1 aliphatic rings. The fraction of sp³-hybridized carbons (Fsp3) is 0.667. The molecule has 1 heterocycles. The number of hydrogen-bond acceptors (Lipinski definition) is 2. The molecule has 2 atom stereocenters. The Hall–Kier alpha value is -0.860. The number of aliphatic hydroxyl groups excluding tert-OH is 1. The van der Waals surface area contributed by atoms with Crippen LogP contribution in [-0.4, -0.2) is 29.6 Å². The van der Waals surface area contributed by atoms with Gasteiger partial charge in [-0.3, -0.25) is 0 Å². The normalized spacial score (nSPS) is 23.0. The summed E-state index contributed by atoms with van der Waals surface area (Å²) in [7, 11) is 0. The summed E-state index contributed by atoms with van der Waals surface area (Å²) in [6.07, 6.45) is 3.51. The van der Waals surface area contributed by atoms with E-state index >= 15 is 0 Å². The molecule has 2 heteroatoms. The van der Waals surface area contributed by atoms with Crippen LogP contribution < -0.4 is 0 Å². The quantitative estimate of drug-likeness (QED) is 0.901. The first kappa shape index (κ1) is 15.5. The van der Waals surface area contributed by atoms with Crippen molar-refractivity contribution >= 4 is 0 Å². The predicted octanol–water partition coefficient (Wildman–Crippen LogP) is 3.87. The van der Waals surface area contributed by atoms with E-state index in [2.05, 4.69) is 25.7 Å². The van der Waals surface area contributed by atoms with Crippen molar-refractivity contribution in [3.8, 4) is 0 Å². The van der Waals surface area contributed by atoms with Crippen molar-refractivity contribution in [2.75, 3.05) is 19.6 Å². The lowest BCUT2D eigenvalue weighted by molar-refractivity contribution is 0.0882. The van der Waals surface area contributed by atoms with Crippen molar-refractivity contribution in [1.29, 1.82) is 0 Å². The largest absolute Gasteiger partial charge is 0.388 e. The van der Waals surface area contributed by atoms with Crippen LogP contribution in [0.1, 0.15) is 51.7 Å². The summed E-state index contributed by atoms with van der Waals surface area (Å²) in [6, 6.07) is 10.0. The van der Waals surface area contributed by atoms with E-state index in [1.807, 2.05) is 30.3 Å². The summed E-state index contributed by atoms with van der Waals surface area (Å²) in [5.74, 6) is 0.276. The topological polar surface area (TPSA) is 23.5 Å². The Morgan fingerprint density at radius 1 is 1.15 bits per heavy atom. The van der Waals surface area contributed by atoms with E-state index in [-0.39, 0.29) is 12.0 Å². The molecule has 0 amide bonds. The van der Waals surface area contributed by atoms with Crippen molar-refractivity contribution in [2.24, 2.45) is 11.3 Å². The van der Waals surface area contributed by atoms with Gasteiger partial charge in [-0.15, -0.1) is 0 Å². The molecule has 2 nitrogen and oxygen atoms in total. The molecule has 2 rings (SSSR count). The zero-order valence-corrected chi connectivity index (χ0v) is 13.2. The summed E-state index contributed by atoms with van der Waals surface area (Å²) >= 11 is 0. The minimum Gasteiger partial charge on any atom is -0.388 e. The molecule has 1 N–H and O–H groups in total. The molecule has 2 unspecified atom stereocenters. The van der Waals surface area contributed by atoms with Gasteiger partial charge in [0, 0.05) is 6.54 Å². The summed E-state index contributed by atoms with van der Waals surface area (Å²) in [6.45, 7) is 10.2. The number of rotatable bonds is 4. The first-order chi connectivity index (χ1) is 9.48. The monoisotopic (exact) mass is 275 g/mol. The number of nitrogens with zero attached hydrogens (tertiary/aromatic N) is 1. The standard InChI is InChI=1S/C18H29NO/c1-15(17(20)16-8-5-4-6-9-16)14-19-12-7-10-18(2,3)11-13-19/h4-6,8-9,15,17,20H,7,10-14H2,1-3H3. The van der Waals surface area contributed by atoms with E-state index in [9.17, 15) is 5.11 Å². The molecule has 112 valence electrons. The van der Waals surface area contributed by atoms with Crippen molar-refractivity contribution in [2.45, 2.75) is 46.1 Å². The molecule has 0 aliphatic carbocycles. The van der Waals surface area contributed by atoms with E-state index in [4.69, 9.17) is 0 Å². The number of hydrogen-bond donors (Lipinski definition) is 1. The molecule has 1 saturated heterocycles. The average Bonchev–Trinajstić information content (AvgIpc) is 2.60. The molecule has 20 heavy (non-hydrogen) atoms. The Balaban J connectivity index is 1.89. The van der Waals surface area contributed by atoms with Gasteiger partial charge in [-0.2, -0.15) is 0 Å². The maximum Gasteiger partial charge on any atom is 0.0827 e. The van der Waals surface area contributed by atoms with E-state index in [0.29, 0.717) is 5.41 Å². The third-order valence-corrected chi connectivity index (χ3v) is 4.66. The van der Waals surface area contributed by atoms with Crippen LogP contribution >= 0.6 is 0 Å². The average molecular weight is 275 g/mol. The van der Waals surface area contributed by atoms with Gasteiger partial charge >= 0.3 is 0 Å². The minimum absolute atomic E-state index is 0.276. The van der Waals surface area contributed by atoms with Crippen LogP contribution in [0.4, 0.5) is 0 Å². The van der Waals surface area contributed by atoms with E-state index in [0.717, 1.165) is 12.1 Å². The fourth-order valence-corrected chi connectivity index (χ4v) is 3.15. The second-order valence-electron chi connectivity index (χ2n) is 7.15. The minimum atomic E-state index is -0.354. The summed E-state index contributed by atoms with van der Waals surface area (Å²) in [4.78, 5) is 2.53. The molecule has 0 spiro atoms. The maximum absolute atomic E-state index is 10.5. The van der Waals surface area contributed by atoms with Gasteiger partial charge in [-0.05, 0) is 49.2 Å². The van der Waals surface area contributed by atoms with Gasteiger partial charge < -0.3 is 10.0 Å². The Morgan fingerprint density at radius 3 is 2.55 bits per heavy atom. The highest BCUT2D eigenvalue weighted by Crippen LogP contribution is 2.31. The predicted molar refractivity (Wildman–Crippen MR) is 84.6 cm³/mol. The first-order valence-corrected chi connectivity index (χ1v) is 7.93. The van der Waals surface area contributed by atoms with Crippen molar-refractivity contribution in [1.82, 2.24) is 4.90 Å². The summed E-state index contributed by atoms with van der Waals surface area (Å²) in [5, 5.41) is 10.5. The fourth-order valence-electron chi connectivity index (χ4n) is 3.15. The van der Waals surface area contributed by atoms with Crippen molar-refractivity contribution < 1.29 is 5.11 Å². The molecule has 0 radical (unpaired) electrons. The molecule has 1 aromatic rings. The SMILES string of the molecule is CC(CN1CCCC(C)(C)CC1)C(O)c1ccccc1. The lowest BCUT2D eigenvalue weighted by atomic mass is 9.85. The van der Waals surface area contributed by atoms with Crippen molar-refractivity contribution in [3.63, 3.8) is 0 Å². The lowest BCUT2D eigenvalue weighted by Gasteiger charge is -2.28. The van der Waals surface area contributed by atoms with Gasteiger partial charge in [0.2, 0.25) is 0 Å². The van der Waals surface area contributed by atoms with Gasteiger partial charge in [-0.1, -0.05) is 51.1 Å². The zero-order chi connectivity index (χ0) is 14.6. The summed E-state index contributed by atoms with van der Waals surface area (Å²) in [5.41, 5.74) is 1.52. The third kappa shape index (κ3) is 4.32. The highest BCUT2D eigenvalue weighted by Gasteiger charge is 2.25. The Bertz CT molecular complexity index is 401. The highest BCUT2D eigenvalue weighted by molar-refractivity contribution is 5.17. The first-order valence-electron chi connectivity index (χ1n) is 7.93. The van der Waals surface area contributed by atoms with Crippen molar-refractivity contribution in [3.05, 3.63) is 35.9 Å². The number of aliphatic hydroxyl groups is 1. The third-order valence-electron chi connectivity index (χ3n) is 4.66. The molecule has 0 aromatic heterocycles. The van der Waals surface area contributed by atoms with Gasteiger partial charge in [-0.25, -0.2) is 0 Å². The second-order valence-corrected chi connectivity index (χ2v) is 7.15. The van der Waals surface area contributed by atoms with Crippen LogP contribution in [0.3, 0.4) is 0 Å². The molecule has 0 bridgehead atoms. The van der Waals surface area contributed by atoms with Crippen LogP contribution in [0.2, 0.25) is 0 Å². The van der Waals surface area contributed by atoms with E-state index < -0.39 is 0 Å². The van der Waals surface area contributed by atoms with Crippen LogP contribution in [0.5, 0.6) is 0 Å². The summed E-state index contributed by atoms with van der Waals surface area (Å²) < 4.78 is 0. The van der Waals surface area contributed by atoms with Crippen LogP contribution in [0, 0.1) is 11.3 Å². The van der Waals surface area contributed by atoms with Gasteiger partial charge in [0.1, 0.15) is 0 Å². The molecular formula is C18H29NO. The zero-order valence-electron chi connectivity index (χ0n) is 13.2. The van der Waals surface area contributed by atoms with Crippen LogP contribution in [0.15, 0.2) is 30.3 Å². The van der Waals surface area contributed by atoms with E-state index in [1.165, 1.54) is 32.4 Å². The Kier molecular flexibility index (Phi) is 5.22. The van der Waals surface area contributed by atoms with Gasteiger partial charge in [0.05, 0.1) is 6.10 Å². The van der Waals surface area contributed by atoms with E-state index in [1.54, 1.807) is 0 Å². The molecule has 1 fully saturated rings. The van der Waals surface area contributed by atoms with Gasteiger partial charge in [0.25, 0.3) is 0 Å². The molecule has 0 saturated carbocycles. The number of likely N-dealkylation sites (tertiary alicyclic amines) is 1. The number of benzene rings is 1. The molecule has 1 aliphatic heterocycles. The lowest BCUT2D eigenvalue weighted by Crippen LogP contribution is -2.32. The molecular weight excluding hydrogens is 246 g/mol. The van der Waals surface area contributed by atoms with Crippen LogP contribution in [-0.2, 0) is 0 Å². The smallest absolute Gasteiger partial charge is 0.0827 e.